The highest BCUT2D eigenvalue weighted by atomic mass is 16.5. The average molecular weight is 319 g/mol. The van der Waals surface area contributed by atoms with Crippen LogP contribution in [0.4, 0.5) is 0 Å². The molecule has 1 aromatic heterocycles. The number of carbonyl (C=O) groups is 1. The van der Waals surface area contributed by atoms with Gasteiger partial charge in [0.2, 0.25) is 5.91 Å². The Kier molecular flexibility index (Phi) is 5.25. The molecule has 0 unspecified atom stereocenters. The van der Waals surface area contributed by atoms with Crippen LogP contribution in [0.1, 0.15) is 23.1 Å². The molecule has 0 saturated carbocycles. The van der Waals surface area contributed by atoms with Crippen molar-refractivity contribution in [3.05, 3.63) is 29.1 Å². The van der Waals surface area contributed by atoms with E-state index >= 15 is 0 Å². The Morgan fingerprint density at radius 3 is 3.09 bits per heavy atom. The molecule has 0 aromatic carbocycles. The van der Waals surface area contributed by atoms with E-state index in [1.165, 1.54) is 11.1 Å². The first-order chi connectivity index (χ1) is 11.1. The molecular weight excluding hydrogens is 294 g/mol. The van der Waals surface area contributed by atoms with Crippen LogP contribution < -0.4 is 0 Å². The lowest BCUT2D eigenvalue weighted by Crippen LogP contribution is -2.40. The first-order valence-electron chi connectivity index (χ1n) is 8.19. The van der Waals surface area contributed by atoms with Gasteiger partial charge in [-0.3, -0.25) is 14.7 Å². The third-order valence-corrected chi connectivity index (χ3v) is 4.66. The Morgan fingerprint density at radius 2 is 2.35 bits per heavy atom. The van der Waals surface area contributed by atoms with Gasteiger partial charge in [0.15, 0.2) is 0 Å². The maximum atomic E-state index is 11.6. The topological polar surface area (TPSA) is 54.9 Å². The van der Waals surface area contributed by atoms with Gasteiger partial charge in [-0.2, -0.15) is 0 Å². The Labute approximate surface area is 137 Å². The standard InChI is InChI=1S/C17H25N3O3/c1-19(2)17(21)12-23-10-14-8-18-7-13-9-20(5-3-16(13)14)15-4-6-22-11-15/h7-8,15H,3-6,9-12H2,1-2H3/t15-/m0/s1. The number of rotatable bonds is 5. The number of aromatic nitrogens is 1. The van der Waals surface area contributed by atoms with Crippen molar-refractivity contribution in [1.29, 1.82) is 0 Å². The summed E-state index contributed by atoms with van der Waals surface area (Å²) in [5, 5.41) is 0. The number of hydrogen-bond acceptors (Lipinski definition) is 5. The number of carbonyl (C=O) groups excluding carboxylic acids is 1. The molecule has 1 atom stereocenters. The Morgan fingerprint density at radius 1 is 1.48 bits per heavy atom. The molecular formula is C17H25N3O3. The quantitative estimate of drug-likeness (QED) is 0.805. The number of likely N-dealkylation sites (N-methyl/N-ethyl adjacent to an activating group) is 1. The van der Waals surface area contributed by atoms with Crippen molar-refractivity contribution in [2.24, 2.45) is 0 Å². The van der Waals surface area contributed by atoms with Crippen molar-refractivity contribution in [3.8, 4) is 0 Å². The normalized spacial score (nSPS) is 21.2. The molecule has 2 aliphatic rings. The second kappa shape index (κ2) is 7.38. The molecule has 0 radical (unpaired) electrons. The summed E-state index contributed by atoms with van der Waals surface area (Å²) in [5.74, 6) is -0.0184. The molecule has 1 saturated heterocycles. The summed E-state index contributed by atoms with van der Waals surface area (Å²) in [6.07, 6.45) is 5.96. The van der Waals surface area contributed by atoms with E-state index in [2.05, 4.69) is 9.88 Å². The van der Waals surface area contributed by atoms with Crippen LogP contribution >= 0.6 is 0 Å². The van der Waals surface area contributed by atoms with Gasteiger partial charge in [0.1, 0.15) is 6.61 Å². The molecule has 1 amide bonds. The van der Waals surface area contributed by atoms with Gasteiger partial charge >= 0.3 is 0 Å². The second-order valence-corrected chi connectivity index (χ2v) is 6.46. The van der Waals surface area contributed by atoms with Crippen LogP contribution in [-0.4, -0.2) is 67.2 Å². The van der Waals surface area contributed by atoms with Crippen LogP contribution in [0.5, 0.6) is 0 Å². The summed E-state index contributed by atoms with van der Waals surface area (Å²) in [7, 11) is 3.47. The number of hydrogen-bond donors (Lipinski definition) is 0. The van der Waals surface area contributed by atoms with E-state index in [1.54, 1.807) is 19.0 Å². The van der Waals surface area contributed by atoms with Gasteiger partial charge in [0.05, 0.1) is 13.2 Å². The van der Waals surface area contributed by atoms with Gasteiger partial charge in [-0.15, -0.1) is 0 Å². The van der Waals surface area contributed by atoms with E-state index in [-0.39, 0.29) is 12.5 Å². The largest absolute Gasteiger partial charge is 0.380 e. The van der Waals surface area contributed by atoms with Crippen LogP contribution in [0, 0.1) is 0 Å². The van der Waals surface area contributed by atoms with Crippen molar-refractivity contribution in [3.63, 3.8) is 0 Å². The molecule has 1 aromatic rings. The lowest BCUT2D eigenvalue weighted by Gasteiger charge is -2.33. The monoisotopic (exact) mass is 319 g/mol. The van der Waals surface area contributed by atoms with Crippen molar-refractivity contribution < 1.29 is 14.3 Å². The highest BCUT2D eigenvalue weighted by molar-refractivity contribution is 5.76. The predicted octanol–water partition coefficient (Wildman–Crippen LogP) is 0.833. The number of amides is 1. The Bertz CT molecular complexity index is 556. The summed E-state index contributed by atoms with van der Waals surface area (Å²) in [6, 6.07) is 0.542. The first-order valence-corrected chi connectivity index (χ1v) is 8.19. The first kappa shape index (κ1) is 16.4. The maximum Gasteiger partial charge on any atom is 0.248 e. The van der Waals surface area contributed by atoms with Crippen molar-refractivity contribution in [2.75, 3.05) is 40.5 Å². The van der Waals surface area contributed by atoms with E-state index in [0.29, 0.717) is 12.6 Å². The molecule has 6 heteroatoms. The third-order valence-electron chi connectivity index (χ3n) is 4.66. The van der Waals surface area contributed by atoms with Gasteiger partial charge in [-0.25, -0.2) is 0 Å². The molecule has 1 fully saturated rings. The van der Waals surface area contributed by atoms with Crippen LogP contribution in [0.15, 0.2) is 12.4 Å². The molecule has 3 rings (SSSR count). The second-order valence-electron chi connectivity index (χ2n) is 6.46. The van der Waals surface area contributed by atoms with Crippen LogP contribution in [0.2, 0.25) is 0 Å². The fraction of sp³-hybridized carbons (Fsp3) is 0.647. The summed E-state index contributed by atoms with van der Waals surface area (Å²) < 4.78 is 11.1. The minimum atomic E-state index is -0.0184. The van der Waals surface area contributed by atoms with Gasteiger partial charge in [0.25, 0.3) is 0 Å². The van der Waals surface area contributed by atoms with Crippen LogP contribution in [0.3, 0.4) is 0 Å². The zero-order chi connectivity index (χ0) is 16.2. The third kappa shape index (κ3) is 3.88. The number of pyridine rings is 1. The van der Waals surface area contributed by atoms with E-state index < -0.39 is 0 Å². The smallest absolute Gasteiger partial charge is 0.248 e. The summed E-state index contributed by atoms with van der Waals surface area (Å²) in [4.78, 5) is 20.0. The van der Waals surface area contributed by atoms with Gasteiger partial charge in [-0.05, 0) is 29.5 Å². The minimum Gasteiger partial charge on any atom is -0.380 e. The lowest BCUT2D eigenvalue weighted by atomic mass is 9.96. The summed E-state index contributed by atoms with van der Waals surface area (Å²) in [5.41, 5.74) is 3.73. The molecule has 0 N–H and O–H groups in total. The zero-order valence-corrected chi connectivity index (χ0v) is 14.0. The van der Waals surface area contributed by atoms with E-state index in [9.17, 15) is 4.79 Å². The number of fused-ring (bicyclic) bond motifs is 1. The van der Waals surface area contributed by atoms with Gasteiger partial charge in [-0.1, -0.05) is 0 Å². The highest BCUT2D eigenvalue weighted by Crippen LogP contribution is 2.25. The summed E-state index contributed by atoms with van der Waals surface area (Å²) >= 11 is 0. The molecule has 126 valence electrons. The van der Waals surface area contributed by atoms with E-state index in [4.69, 9.17) is 9.47 Å². The molecule has 23 heavy (non-hydrogen) atoms. The molecule has 0 aliphatic carbocycles. The fourth-order valence-electron chi connectivity index (χ4n) is 3.21. The molecule has 2 aliphatic heterocycles. The summed E-state index contributed by atoms with van der Waals surface area (Å²) in [6.45, 7) is 4.26. The van der Waals surface area contributed by atoms with Gasteiger partial charge < -0.3 is 14.4 Å². The van der Waals surface area contributed by atoms with Crippen LogP contribution in [0.25, 0.3) is 0 Å². The lowest BCUT2D eigenvalue weighted by molar-refractivity contribution is -0.133. The van der Waals surface area contributed by atoms with Crippen molar-refractivity contribution in [1.82, 2.24) is 14.8 Å². The molecule has 0 bridgehead atoms. The van der Waals surface area contributed by atoms with Crippen molar-refractivity contribution in [2.45, 2.75) is 32.0 Å². The van der Waals surface area contributed by atoms with Crippen molar-refractivity contribution >= 4 is 5.91 Å². The highest BCUT2D eigenvalue weighted by Gasteiger charge is 2.27. The number of nitrogens with zero attached hydrogens (tertiary/aromatic N) is 3. The molecule has 0 spiro atoms. The zero-order valence-electron chi connectivity index (χ0n) is 14.0. The minimum absolute atomic E-state index is 0.0184. The van der Waals surface area contributed by atoms with E-state index in [0.717, 1.165) is 44.7 Å². The van der Waals surface area contributed by atoms with E-state index in [1.807, 2.05) is 12.4 Å². The Balaban J connectivity index is 1.61. The Hall–Kier alpha value is -1.50. The average Bonchev–Trinajstić information content (AvgIpc) is 3.08. The molecule has 3 heterocycles. The fourth-order valence-corrected chi connectivity index (χ4v) is 3.21. The molecule has 6 nitrogen and oxygen atoms in total. The van der Waals surface area contributed by atoms with Gasteiger partial charge in [0, 0.05) is 52.2 Å². The number of ether oxygens (including phenoxy) is 2. The SMILES string of the molecule is CN(C)C(=O)COCc1cncc2c1CCN([C@H]1CCOC1)C2. The maximum absolute atomic E-state index is 11.6. The van der Waals surface area contributed by atoms with Crippen LogP contribution in [-0.2, 0) is 33.8 Å². The predicted molar refractivity (Wildman–Crippen MR) is 85.9 cm³/mol.